The van der Waals surface area contributed by atoms with Crippen LogP contribution in [0.15, 0.2) is 6.20 Å². The number of H-pyrrole nitrogens is 1. The zero-order chi connectivity index (χ0) is 23.1. The van der Waals surface area contributed by atoms with Crippen LogP contribution in [0.4, 0.5) is 4.39 Å². The second kappa shape index (κ2) is 9.33. The van der Waals surface area contributed by atoms with Crippen LogP contribution in [0.5, 0.6) is 0 Å². The maximum atomic E-state index is 14.5. The third-order valence-corrected chi connectivity index (χ3v) is 8.07. The van der Waals surface area contributed by atoms with Crippen LogP contribution in [0.25, 0.3) is 0 Å². The molecular formula is C10H16FN2O12P3S2. The summed E-state index contributed by atoms with van der Waals surface area (Å²) < 4.78 is 66.2. The van der Waals surface area contributed by atoms with Gasteiger partial charge >= 0.3 is 23.5 Å². The van der Waals surface area contributed by atoms with E-state index in [4.69, 9.17) is 43.9 Å². The van der Waals surface area contributed by atoms with Gasteiger partial charge in [0, 0.05) is 11.8 Å². The lowest BCUT2D eigenvalue weighted by atomic mass is 10.1. The molecule has 0 bridgehead atoms. The third kappa shape index (κ3) is 6.89. The second-order valence-corrected chi connectivity index (χ2v) is 11.1. The molecular weight excluding hydrogens is 516 g/mol. The number of aromatic amines is 1. The largest absolute Gasteiger partial charge is 0.490 e. The molecule has 1 fully saturated rings. The van der Waals surface area contributed by atoms with Crippen molar-refractivity contribution in [2.45, 2.75) is 31.5 Å². The van der Waals surface area contributed by atoms with Crippen LogP contribution < -0.4 is 0 Å². The van der Waals surface area contributed by atoms with Crippen molar-refractivity contribution in [3.63, 3.8) is 0 Å². The minimum atomic E-state index is -5.71. The van der Waals surface area contributed by atoms with Crippen molar-refractivity contribution in [2.75, 3.05) is 6.61 Å². The molecule has 1 aromatic heterocycles. The van der Waals surface area contributed by atoms with Crippen molar-refractivity contribution in [3.8, 4) is 0 Å². The number of phosphoric acid groups is 3. The lowest BCUT2D eigenvalue weighted by Gasteiger charge is -2.19. The van der Waals surface area contributed by atoms with E-state index in [-0.39, 0.29) is 4.77 Å². The summed E-state index contributed by atoms with van der Waals surface area (Å²) in [5.74, 6) is 0. The Balaban J connectivity index is 2.09. The Kier molecular flexibility index (Phi) is 8.10. The first-order valence-corrected chi connectivity index (χ1v) is 12.9. The van der Waals surface area contributed by atoms with Crippen LogP contribution in [0.2, 0.25) is 0 Å². The highest BCUT2D eigenvalue weighted by molar-refractivity contribution is 7.72. The Morgan fingerprint density at radius 3 is 2.37 bits per heavy atom. The van der Waals surface area contributed by atoms with Gasteiger partial charge in [0.1, 0.15) is 16.8 Å². The van der Waals surface area contributed by atoms with Crippen molar-refractivity contribution in [1.82, 2.24) is 9.55 Å². The SMILES string of the molecule is Cc1cn([C@H]2O[C@@H](COP(=O)(O)OP(=O)(O)OP(=O)(O)O)[C@@H](O)C2F)c(=S)[nH]c1=S. The topological polar surface area (TPSA) is 210 Å². The van der Waals surface area contributed by atoms with Gasteiger partial charge in [-0.3, -0.25) is 9.09 Å². The molecule has 2 heterocycles. The summed E-state index contributed by atoms with van der Waals surface area (Å²) >= 11 is 10.0. The van der Waals surface area contributed by atoms with Crippen LogP contribution >= 0.6 is 47.9 Å². The highest BCUT2D eigenvalue weighted by Crippen LogP contribution is 2.66. The number of aryl methyl sites for hydroxylation is 1. The Hall–Kier alpha value is -0.220. The molecule has 1 aliphatic heterocycles. The summed E-state index contributed by atoms with van der Waals surface area (Å²) in [6, 6.07) is 0. The fourth-order valence-corrected chi connectivity index (χ4v) is 5.81. The zero-order valence-corrected chi connectivity index (χ0v) is 19.0. The molecule has 1 aromatic rings. The minimum absolute atomic E-state index is 0.0287. The molecule has 6 N–H and O–H groups in total. The highest BCUT2D eigenvalue weighted by Gasteiger charge is 2.47. The summed E-state index contributed by atoms with van der Waals surface area (Å²) in [4.78, 5) is 38.1. The summed E-state index contributed by atoms with van der Waals surface area (Å²) in [5, 5.41) is 9.98. The molecule has 20 heteroatoms. The molecule has 0 aliphatic carbocycles. The monoisotopic (exact) mass is 532 g/mol. The number of rotatable bonds is 8. The molecule has 2 rings (SSSR count). The Bertz CT molecular complexity index is 1060. The molecule has 172 valence electrons. The number of phosphoric ester groups is 1. The lowest BCUT2D eigenvalue weighted by Crippen LogP contribution is -2.31. The van der Waals surface area contributed by atoms with E-state index >= 15 is 0 Å². The maximum absolute atomic E-state index is 14.5. The van der Waals surface area contributed by atoms with E-state index in [1.54, 1.807) is 6.92 Å². The molecule has 0 amide bonds. The number of aliphatic hydroxyl groups excluding tert-OH is 1. The smallest absolute Gasteiger partial charge is 0.387 e. The van der Waals surface area contributed by atoms with Crippen LogP contribution in [-0.4, -0.2) is 59.2 Å². The predicted octanol–water partition coefficient (Wildman–Crippen LogP) is 1.52. The Labute approximate surface area is 177 Å². The number of halogens is 1. The minimum Gasteiger partial charge on any atom is -0.387 e. The van der Waals surface area contributed by atoms with E-state index in [9.17, 15) is 28.1 Å². The lowest BCUT2D eigenvalue weighted by molar-refractivity contribution is -0.0475. The number of nitrogens with one attached hydrogen (secondary N) is 1. The summed E-state index contributed by atoms with van der Waals surface area (Å²) in [6.45, 7) is 0.590. The number of aliphatic hydroxyl groups is 1. The van der Waals surface area contributed by atoms with Gasteiger partial charge in [-0.25, -0.2) is 18.1 Å². The fourth-order valence-electron chi connectivity index (χ4n) is 2.31. The number of hydrogen-bond acceptors (Lipinski definition) is 10. The van der Waals surface area contributed by atoms with Gasteiger partial charge in [-0.1, -0.05) is 12.2 Å². The van der Waals surface area contributed by atoms with Crippen LogP contribution in [0, 0.1) is 16.3 Å². The number of hydrogen-bond donors (Lipinski definition) is 6. The van der Waals surface area contributed by atoms with E-state index in [0.717, 1.165) is 4.57 Å². The molecule has 0 spiro atoms. The van der Waals surface area contributed by atoms with Gasteiger partial charge in [0.2, 0.25) is 0 Å². The molecule has 6 atom stereocenters. The van der Waals surface area contributed by atoms with Crippen molar-refractivity contribution >= 4 is 47.9 Å². The first kappa shape index (κ1) is 26.0. The van der Waals surface area contributed by atoms with Gasteiger partial charge in [-0.2, -0.15) is 8.62 Å². The standard InChI is InChI=1S/C10H16FN2O12P3S2/c1-4-2-13(10(30)12-8(4)29)9-6(11)7(14)5(23-9)3-22-27(18,19)25-28(20,21)24-26(15,16)17/h2,5-7,9,14H,3H2,1H3,(H,18,19)(H,20,21)(H,12,29,30)(H2,15,16,17)/t5-,6?,7+,9-/m0/s1. The zero-order valence-electron chi connectivity index (χ0n) is 14.7. The molecule has 3 unspecified atom stereocenters. The number of alkyl halides is 1. The van der Waals surface area contributed by atoms with Gasteiger partial charge in [0.25, 0.3) is 0 Å². The maximum Gasteiger partial charge on any atom is 0.490 e. The summed E-state index contributed by atoms with van der Waals surface area (Å²) in [6.07, 6.45) is -5.58. The second-order valence-electron chi connectivity index (χ2n) is 5.87. The van der Waals surface area contributed by atoms with Crippen molar-refractivity contribution in [1.29, 1.82) is 0 Å². The fraction of sp³-hybridized carbons (Fsp3) is 0.600. The van der Waals surface area contributed by atoms with E-state index in [0.29, 0.717) is 10.2 Å². The molecule has 14 nitrogen and oxygen atoms in total. The predicted molar refractivity (Wildman–Crippen MR) is 99.8 cm³/mol. The highest BCUT2D eigenvalue weighted by atomic mass is 32.1. The van der Waals surface area contributed by atoms with Crippen molar-refractivity contribution < 1.29 is 60.6 Å². The van der Waals surface area contributed by atoms with Crippen LogP contribution in [0.3, 0.4) is 0 Å². The normalized spacial score (nSPS) is 28.8. The van der Waals surface area contributed by atoms with E-state index in [2.05, 4.69) is 18.1 Å². The van der Waals surface area contributed by atoms with Gasteiger partial charge in [-0.05, 0) is 19.1 Å². The van der Waals surface area contributed by atoms with E-state index in [1.807, 2.05) is 0 Å². The quantitative estimate of drug-likeness (QED) is 0.207. The molecule has 30 heavy (non-hydrogen) atoms. The van der Waals surface area contributed by atoms with Gasteiger partial charge < -0.3 is 34.4 Å². The Morgan fingerprint density at radius 1 is 1.20 bits per heavy atom. The third-order valence-electron chi connectivity index (χ3n) is 3.53. The molecule has 1 saturated heterocycles. The van der Waals surface area contributed by atoms with Crippen molar-refractivity contribution in [2.24, 2.45) is 0 Å². The Morgan fingerprint density at radius 2 is 1.80 bits per heavy atom. The van der Waals surface area contributed by atoms with Gasteiger partial charge in [0.15, 0.2) is 17.2 Å². The number of ether oxygens (including phenoxy) is 1. The molecule has 0 radical (unpaired) electrons. The van der Waals surface area contributed by atoms with Crippen LogP contribution in [0.1, 0.15) is 11.8 Å². The summed E-state index contributed by atoms with van der Waals surface area (Å²) in [7, 11) is -16.7. The average molecular weight is 532 g/mol. The van der Waals surface area contributed by atoms with Crippen molar-refractivity contribution in [3.05, 3.63) is 21.2 Å². The molecule has 1 aliphatic rings. The number of aromatic nitrogens is 2. The summed E-state index contributed by atoms with van der Waals surface area (Å²) in [5.41, 5.74) is 0.514. The van der Waals surface area contributed by atoms with Crippen LogP contribution in [-0.2, 0) is 31.6 Å². The van der Waals surface area contributed by atoms with Gasteiger partial charge in [-0.15, -0.1) is 0 Å². The number of nitrogens with zero attached hydrogens (tertiary/aromatic N) is 1. The molecule has 0 aromatic carbocycles. The van der Waals surface area contributed by atoms with E-state index < -0.39 is 54.7 Å². The van der Waals surface area contributed by atoms with Gasteiger partial charge in [0.05, 0.1) is 6.61 Å². The average Bonchev–Trinajstić information content (AvgIpc) is 2.81. The molecule has 0 saturated carbocycles. The first-order chi connectivity index (χ1) is 13.5. The first-order valence-electron chi connectivity index (χ1n) is 7.59. The van der Waals surface area contributed by atoms with E-state index in [1.165, 1.54) is 6.20 Å².